The molecule has 350 valence electrons. The predicted octanol–water partition coefficient (Wildman–Crippen LogP) is 1.07. The fourth-order valence-electron chi connectivity index (χ4n) is 8.38. The van der Waals surface area contributed by atoms with E-state index in [1.807, 2.05) is 48.5 Å². The second-order valence-corrected chi connectivity index (χ2v) is 16.2. The number of hydrogen-bond acceptors (Lipinski definition) is 11. The molecule has 1 aliphatic carbocycles. The number of benzene rings is 2. The summed E-state index contributed by atoms with van der Waals surface area (Å²) in [6, 6.07) is 8.44. The summed E-state index contributed by atoms with van der Waals surface area (Å²) >= 11 is 0. The van der Waals surface area contributed by atoms with E-state index in [0.29, 0.717) is 6.42 Å². The molecule has 0 spiro atoms. The predicted molar refractivity (Wildman–Crippen MR) is 237 cm³/mol. The molecule has 5 rings (SSSR count). The van der Waals surface area contributed by atoms with Crippen LogP contribution in [0.2, 0.25) is 0 Å². The van der Waals surface area contributed by atoms with Crippen LogP contribution in [0.1, 0.15) is 88.2 Å². The Kier molecular flexibility index (Phi) is 17.8. The van der Waals surface area contributed by atoms with E-state index in [-0.39, 0.29) is 89.4 Å². The first kappa shape index (κ1) is 49.0. The van der Waals surface area contributed by atoms with Gasteiger partial charge in [0.15, 0.2) is 5.96 Å². The lowest BCUT2D eigenvalue weighted by Gasteiger charge is -2.30. The number of nitrogens with one attached hydrogen (secondary N) is 5. The third kappa shape index (κ3) is 13.5. The third-order valence-corrected chi connectivity index (χ3v) is 11.6. The Balaban J connectivity index is 1.39. The van der Waals surface area contributed by atoms with Gasteiger partial charge in [-0.25, -0.2) is 14.4 Å². The fraction of sp³-hybridized carbons (Fsp3) is 0.489. The molecule has 0 saturated carbocycles. The quantitative estimate of drug-likeness (QED) is 0.0433. The molecule has 2 aromatic carbocycles. The first-order valence-electron chi connectivity index (χ1n) is 21.8. The number of ether oxygens (including phenoxy) is 2. The topological polar surface area (TPSA) is 303 Å². The average Bonchev–Trinajstić information content (AvgIpc) is 3.90. The Bertz CT molecular complexity index is 2100. The summed E-state index contributed by atoms with van der Waals surface area (Å²) in [6.07, 6.45) is 3.32. The lowest BCUT2D eigenvalue weighted by Crippen LogP contribution is -2.58. The number of carboxylic acid groups (broad SMARTS) is 1. The Morgan fingerprint density at radius 3 is 2.17 bits per heavy atom. The number of amides is 6. The van der Waals surface area contributed by atoms with E-state index in [1.165, 1.54) is 31.1 Å². The number of aliphatic carboxylic acids is 1. The average molecular weight is 902 g/mol. The van der Waals surface area contributed by atoms with Crippen LogP contribution in [0, 0.1) is 0 Å². The smallest absolute Gasteiger partial charge is 0.407 e. The van der Waals surface area contributed by atoms with Crippen molar-refractivity contribution in [3.63, 3.8) is 0 Å². The summed E-state index contributed by atoms with van der Waals surface area (Å²) in [5.41, 5.74) is 15.0. The Morgan fingerprint density at radius 1 is 0.877 bits per heavy atom. The Hall–Kier alpha value is -6.99. The highest BCUT2D eigenvalue weighted by Crippen LogP contribution is 2.44. The van der Waals surface area contributed by atoms with Crippen LogP contribution >= 0.6 is 0 Å². The van der Waals surface area contributed by atoms with E-state index in [4.69, 9.17) is 20.9 Å². The minimum atomic E-state index is -1.38. The van der Waals surface area contributed by atoms with E-state index in [1.54, 1.807) is 0 Å². The second-order valence-electron chi connectivity index (χ2n) is 16.2. The molecule has 0 unspecified atom stereocenters. The minimum absolute atomic E-state index is 0.0111. The number of hydrogen-bond donors (Lipinski definition) is 8. The highest BCUT2D eigenvalue weighted by Gasteiger charge is 2.40. The second kappa shape index (κ2) is 23.6. The number of aliphatic imine (C=N–C) groups is 1. The van der Waals surface area contributed by atoms with Gasteiger partial charge in [0.1, 0.15) is 42.9 Å². The highest BCUT2D eigenvalue weighted by atomic mass is 16.5. The van der Waals surface area contributed by atoms with Crippen LogP contribution in [0.5, 0.6) is 0 Å². The van der Waals surface area contributed by atoms with Crippen molar-refractivity contribution in [2.24, 2.45) is 16.5 Å². The summed E-state index contributed by atoms with van der Waals surface area (Å²) in [6.45, 7) is 1.49. The van der Waals surface area contributed by atoms with Gasteiger partial charge in [-0.2, -0.15) is 0 Å². The third-order valence-electron chi connectivity index (χ3n) is 11.6. The summed E-state index contributed by atoms with van der Waals surface area (Å²) in [7, 11) is 1.17. The van der Waals surface area contributed by atoms with E-state index < -0.39 is 83.8 Å². The van der Waals surface area contributed by atoms with Crippen molar-refractivity contribution < 1.29 is 52.9 Å². The van der Waals surface area contributed by atoms with Crippen LogP contribution in [0.3, 0.4) is 0 Å². The van der Waals surface area contributed by atoms with Crippen LogP contribution in [0.15, 0.2) is 65.7 Å². The minimum Gasteiger partial charge on any atom is -0.480 e. The molecule has 20 nitrogen and oxygen atoms in total. The monoisotopic (exact) mass is 901 g/mol. The van der Waals surface area contributed by atoms with Crippen molar-refractivity contribution in [2.45, 2.75) is 113 Å². The number of carboxylic acids is 1. The number of nitrogens with zero attached hydrogens (tertiary/aromatic N) is 2. The SMILES string of the molecule is COC(=O)[C@H](C/C=C/C[C@@H]1NC(=O)[C@@H]2CCCN2C(=O)[C@@H](NC(=O)OCC2c3ccccc3-c3ccccc32)CCCC[C@@H](C(=O)O)NC(=O)[C@H](CCCN=C(N)N)NC1=O)NC(C)=O. The normalized spacial score (nSPS) is 22.2. The number of carbonyl (C=O) groups is 8. The van der Waals surface area contributed by atoms with Crippen molar-refractivity contribution >= 4 is 53.5 Å². The fourth-order valence-corrected chi connectivity index (χ4v) is 8.38. The lowest BCUT2D eigenvalue weighted by atomic mass is 9.98. The summed E-state index contributed by atoms with van der Waals surface area (Å²) in [5.74, 6) is -5.78. The van der Waals surface area contributed by atoms with Gasteiger partial charge < -0.3 is 57.5 Å². The van der Waals surface area contributed by atoms with Crippen molar-refractivity contribution in [1.82, 2.24) is 31.5 Å². The van der Waals surface area contributed by atoms with Gasteiger partial charge in [0, 0.05) is 25.9 Å². The molecule has 3 aliphatic rings. The Labute approximate surface area is 376 Å². The van der Waals surface area contributed by atoms with Gasteiger partial charge in [0.05, 0.1) is 7.11 Å². The van der Waals surface area contributed by atoms with Gasteiger partial charge in [-0.3, -0.25) is 29.0 Å². The van der Waals surface area contributed by atoms with Crippen molar-refractivity contribution in [3.05, 3.63) is 71.8 Å². The molecule has 0 bridgehead atoms. The van der Waals surface area contributed by atoms with Crippen molar-refractivity contribution in [2.75, 3.05) is 26.8 Å². The van der Waals surface area contributed by atoms with Gasteiger partial charge in [0.25, 0.3) is 0 Å². The van der Waals surface area contributed by atoms with Crippen molar-refractivity contribution in [1.29, 1.82) is 0 Å². The first-order valence-corrected chi connectivity index (χ1v) is 21.8. The molecule has 2 heterocycles. The number of guanidine groups is 1. The highest BCUT2D eigenvalue weighted by molar-refractivity contribution is 5.96. The molecular formula is C45H59N9O11. The molecule has 6 amide bonds. The van der Waals surface area contributed by atoms with E-state index >= 15 is 0 Å². The maximum atomic E-state index is 14.4. The van der Waals surface area contributed by atoms with Gasteiger partial charge in [-0.15, -0.1) is 0 Å². The zero-order valence-corrected chi connectivity index (χ0v) is 36.6. The maximum absolute atomic E-state index is 14.4. The summed E-state index contributed by atoms with van der Waals surface area (Å²) in [5, 5.41) is 23.2. The molecule has 20 heteroatoms. The van der Waals surface area contributed by atoms with Crippen LogP contribution in [0.4, 0.5) is 4.79 Å². The van der Waals surface area contributed by atoms with Crippen LogP contribution in [-0.2, 0) is 43.0 Å². The molecule has 2 aliphatic heterocycles. The molecule has 10 N–H and O–H groups in total. The van der Waals surface area contributed by atoms with E-state index in [2.05, 4.69) is 31.6 Å². The molecule has 0 aromatic heterocycles. The van der Waals surface area contributed by atoms with E-state index in [0.717, 1.165) is 22.3 Å². The van der Waals surface area contributed by atoms with Crippen LogP contribution in [-0.4, -0.2) is 127 Å². The van der Waals surface area contributed by atoms with Gasteiger partial charge in [-0.1, -0.05) is 73.5 Å². The number of esters is 1. The molecular weight excluding hydrogens is 843 g/mol. The number of alkyl carbamates (subject to hydrolysis) is 1. The number of nitrogens with two attached hydrogens (primary N) is 2. The number of fused-ring (bicyclic) bond motifs is 4. The van der Waals surface area contributed by atoms with Gasteiger partial charge in [0.2, 0.25) is 29.5 Å². The van der Waals surface area contributed by atoms with E-state index in [9.17, 15) is 43.5 Å². The van der Waals surface area contributed by atoms with Crippen LogP contribution in [0.25, 0.3) is 11.1 Å². The number of rotatable bonds is 14. The lowest BCUT2D eigenvalue weighted by molar-refractivity contribution is -0.144. The molecule has 2 aromatic rings. The number of methoxy groups -OCH3 is 1. The standard InChI is InChI=1S/C45H59N9O11/c1-26(55)49-36(43(62)64-2)20-10-7-17-32-38(56)50-33(21-11-23-48-44(46)47)39(57)52-35(42(60)61)19-9-8-18-34(41(59)54-24-12-22-37(54)40(58)51-32)53-45(63)65-25-31-29-15-5-3-13-27(29)28-14-4-6-16-30(28)31/h3-7,10,13-16,31-37H,8-9,11-12,17-25H2,1-2H3,(H,49,55)(H,50,56)(H,51,58)(H,52,57)(H,53,63)(H,60,61)(H4,46,47,48)/b10-7+/t32-,33-,34-,35-,36-,37-/m0/s1. The molecule has 0 radical (unpaired) electrons. The summed E-state index contributed by atoms with van der Waals surface area (Å²) < 4.78 is 10.6. The summed E-state index contributed by atoms with van der Waals surface area (Å²) in [4.78, 5) is 112. The van der Waals surface area contributed by atoms with Gasteiger partial charge in [-0.05, 0) is 73.6 Å². The largest absolute Gasteiger partial charge is 0.480 e. The molecule has 2 saturated heterocycles. The van der Waals surface area contributed by atoms with Gasteiger partial charge >= 0.3 is 18.0 Å². The molecule has 2 fully saturated rings. The first-order chi connectivity index (χ1) is 31.2. The van der Waals surface area contributed by atoms with Crippen molar-refractivity contribution in [3.8, 4) is 11.1 Å². The number of carbonyl (C=O) groups excluding carboxylic acids is 7. The maximum Gasteiger partial charge on any atom is 0.407 e. The molecule has 65 heavy (non-hydrogen) atoms. The van der Waals surface area contributed by atoms with Crippen LogP contribution < -0.4 is 38.1 Å². The zero-order chi connectivity index (χ0) is 47.0. The zero-order valence-electron chi connectivity index (χ0n) is 36.6. The Morgan fingerprint density at radius 2 is 1.52 bits per heavy atom. The molecule has 6 atom stereocenters.